The van der Waals surface area contributed by atoms with Crippen molar-refractivity contribution < 1.29 is 33.5 Å². The Labute approximate surface area is 139 Å². The van der Waals surface area contributed by atoms with E-state index in [0.717, 1.165) is 0 Å². The fourth-order valence-electron chi connectivity index (χ4n) is 2.70. The Hall–Kier alpha value is -2.96. The van der Waals surface area contributed by atoms with E-state index in [1.807, 2.05) is 0 Å². The van der Waals surface area contributed by atoms with Gasteiger partial charge in [0.1, 0.15) is 5.75 Å². The fourth-order valence-corrected chi connectivity index (χ4v) is 2.70. The molecule has 0 fully saturated rings. The molecule has 0 atom stereocenters. The van der Waals surface area contributed by atoms with Gasteiger partial charge in [-0.1, -0.05) is 0 Å². The van der Waals surface area contributed by atoms with Crippen LogP contribution in [0, 0.1) is 0 Å². The smallest absolute Gasteiger partial charge is 0.231 e. The van der Waals surface area contributed by atoms with E-state index in [9.17, 15) is 5.11 Å². The highest BCUT2D eigenvalue weighted by Crippen LogP contribution is 2.53. The van der Waals surface area contributed by atoms with E-state index in [-0.39, 0.29) is 12.5 Å². The van der Waals surface area contributed by atoms with Gasteiger partial charge in [0.25, 0.3) is 0 Å². The first-order chi connectivity index (χ1) is 11.6. The van der Waals surface area contributed by atoms with Gasteiger partial charge in [-0.15, -0.1) is 0 Å². The summed E-state index contributed by atoms with van der Waals surface area (Å²) in [5, 5.41) is 10.5. The summed E-state index contributed by atoms with van der Waals surface area (Å²) < 4.78 is 32.3. The van der Waals surface area contributed by atoms with Gasteiger partial charge in [0, 0.05) is 6.07 Å². The molecule has 2 aromatic rings. The zero-order valence-electron chi connectivity index (χ0n) is 13.8. The first-order valence-electron chi connectivity index (χ1n) is 7.14. The largest absolute Gasteiger partial charge is 0.507 e. The average Bonchev–Trinajstić information content (AvgIpc) is 3.06. The van der Waals surface area contributed by atoms with E-state index >= 15 is 0 Å². The number of benzene rings is 2. The fraction of sp³-hybridized carbons (Fsp3) is 0.294. The number of methoxy groups -OCH3 is 4. The highest BCUT2D eigenvalue weighted by molar-refractivity contribution is 5.84. The van der Waals surface area contributed by atoms with E-state index in [0.29, 0.717) is 45.6 Å². The van der Waals surface area contributed by atoms with Crippen LogP contribution in [-0.2, 0) is 0 Å². The van der Waals surface area contributed by atoms with Gasteiger partial charge >= 0.3 is 0 Å². The van der Waals surface area contributed by atoms with Crippen LogP contribution in [0.15, 0.2) is 18.2 Å². The maximum Gasteiger partial charge on any atom is 0.231 e. The molecule has 0 unspecified atom stereocenters. The Balaban J connectivity index is 2.26. The van der Waals surface area contributed by atoms with Crippen LogP contribution in [0.1, 0.15) is 0 Å². The summed E-state index contributed by atoms with van der Waals surface area (Å²) in [4.78, 5) is 0. The van der Waals surface area contributed by atoms with Gasteiger partial charge in [0.2, 0.25) is 18.3 Å². The third-order valence-electron chi connectivity index (χ3n) is 3.76. The van der Waals surface area contributed by atoms with Crippen molar-refractivity contribution in [3.8, 4) is 51.4 Å². The van der Waals surface area contributed by atoms with Crippen LogP contribution < -0.4 is 28.4 Å². The molecule has 7 heteroatoms. The highest BCUT2D eigenvalue weighted by atomic mass is 16.7. The second kappa shape index (κ2) is 6.27. The standard InChI is InChI=1S/C17H18O7/c1-19-11-5-9(6-12(20-2)15(11)21-3)14-10(18)7-13-16(17(14)22-4)24-8-23-13/h5-7,18H,8H2,1-4H3. The molecule has 128 valence electrons. The Bertz CT molecular complexity index is 745. The van der Waals surface area contributed by atoms with Crippen molar-refractivity contribution in [2.24, 2.45) is 0 Å². The molecule has 24 heavy (non-hydrogen) atoms. The quantitative estimate of drug-likeness (QED) is 0.901. The molecule has 0 saturated heterocycles. The molecule has 1 aliphatic heterocycles. The van der Waals surface area contributed by atoms with Gasteiger partial charge in [0.05, 0.1) is 34.0 Å². The number of aromatic hydroxyl groups is 1. The van der Waals surface area contributed by atoms with Crippen LogP contribution in [0.3, 0.4) is 0 Å². The molecule has 3 rings (SSSR count). The van der Waals surface area contributed by atoms with Crippen LogP contribution >= 0.6 is 0 Å². The van der Waals surface area contributed by atoms with Crippen LogP contribution in [0.4, 0.5) is 0 Å². The predicted molar refractivity (Wildman–Crippen MR) is 85.9 cm³/mol. The van der Waals surface area contributed by atoms with Gasteiger partial charge in [-0.25, -0.2) is 0 Å². The van der Waals surface area contributed by atoms with Crippen LogP contribution in [0.25, 0.3) is 11.1 Å². The van der Waals surface area contributed by atoms with Crippen molar-refractivity contribution in [1.82, 2.24) is 0 Å². The van der Waals surface area contributed by atoms with E-state index in [4.69, 9.17) is 28.4 Å². The molecule has 0 saturated carbocycles. The number of rotatable bonds is 5. The first kappa shape index (κ1) is 15.9. The molecule has 0 radical (unpaired) electrons. The number of ether oxygens (including phenoxy) is 6. The third-order valence-corrected chi connectivity index (χ3v) is 3.76. The molecule has 2 aromatic carbocycles. The summed E-state index contributed by atoms with van der Waals surface area (Å²) in [5.41, 5.74) is 1.07. The lowest BCUT2D eigenvalue weighted by Gasteiger charge is -2.17. The van der Waals surface area contributed by atoms with E-state index < -0.39 is 0 Å². The number of hydrogen-bond donors (Lipinski definition) is 1. The molecule has 1 N–H and O–H groups in total. The average molecular weight is 334 g/mol. The monoisotopic (exact) mass is 334 g/mol. The number of phenolic OH excluding ortho intramolecular Hbond substituents is 1. The summed E-state index contributed by atoms with van der Waals surface area (Å²) in [6.45, 7) is 0.0733. The Kier molecular flexibility index (Phi) is 4.16. The topological polar surface area (TPSA) is 75.6 Å². The lowest BCUT2D eigenvalue weighted by molar-refractivity contribution is 0.171. The second-order valence-electron chi connectivity index (χ2n) is 4.95. The minimum Gasteiger partial charge on any atom is -0.507 e. The van der Waals surface area contributed by atoms with Crippen molar-refractivity contribution in [2.75, 3.05) is 35.2 Å². The van der Waals surface area contributed by atoms with Crippen molar-refractivity contribution in [1.29, 1.82) is 0 Å². The maximum atomic E-state index is 10.5. The highest BCUT2D eigenvalue weighted by Gasteiger charge is 2.27. The summed E-state index contributed by atoms with van der Waals surface area (Å²) in [5.74, 6) is 2.63. The zero-order valence-corrected chi connectivity index (χ0v) is 13.8. The molecule has 0 aromatic heterocycles. The van der Waals surface area contributed by atoms with Gasteiger partial charge in [0.15, 0.2) is 23.0 Å². The van der Waals surface area contributed by atoms with E-state index in [1.165, 1.54) is 34.5 Å². The molecule has 0 bridgehead atoms. The number of fused-ring (bicyclic) bond motifs is 1. The van der Waals surface area contributed by atoms with Crippen LogP contribution in [0.2, 0.25) is 0 Å². The third kappa shape index (κ3) is 2.38. The summed E-state index contributed by atoms with van der Waals surface area (Å²) in [7, 11) is 6.08. The van der Waals surface area contributed by atoms with Gasteiger partial charge in [-0.3, -0.25) is 0 Å². The Morgan fingerprint density at radius 2 is 1.46 bits per heavy atom. The van der Waals surface area contributed by atoms with Gasteiger partial charge in [-0.05, 0) is 17.7 Å². The predicted octanol–water partition coefficient (Wildman–Crippen LogP) is 2.82. The number of hydrogen-bond acceptors (Lipinski definition) is 7. The van der Waals surface area contributed by atoms with Crippen LogP contribution in [-0.4, -0.2) is 40.3 Å². The Morgan fingerprint density at radius 3 is 2.00 bits per heavy atom. The minimum atomic E-state index is -0.00891. The zero-order chi connectivity index (χ0) is 17.3. The lowest BCUT2D eigenvalue weighted by atomic mass is 10.0. The molecule has 1 heterocycles. The maximum absolute atomic E-state index is 10.5. The van der Waals surface area contributed by atoms with Crippen molar-refractivity contribution in [3.63, 3.8) is 0 Å². The first-order valence-corrected chi connectivity index (χ1v) is 7.14. The minimum absolute atomic E-state index is 0.00891. The lowest BCUT2D eigenvalue weighted by Crippen LogP contribution is -1.97. The molecular weight excluding hydrogens is 316 g/mol. The van der Waals surface area contributed by atoms with Gasteiger partial charge < -0.3 is 33.5 Å². The molecule has 0 spiro atoms. The van der Waals surface area contributed by atoms with Gasteiger partial charge in [-0.2, -0.15) is 0 Å². The van der Waals surface area contributed by atoms with Crippen molar-refractivity contribution >= 4 is 0 Å². The van der Waals surface area contributed by atoms with Crippen molar-refractivity contribution in [2.45, 2.75) is 0 Å². The number of phenols is 1. The van der Waals surface area contributed by atoms with Crippen LogP contribution in [0.5, 0.6) is 40.2 Å². The van der Waals surface area contributed by atoms with E-state index in [2.05, 4.69) is 0 Å². The SMILES string of the molecule is COc1cc(-c2c(O)cc3c(c2OC)OCO3)cc(OC)c1OC. The summed E-state index contributed by atoms with van der Waals surface area (Å²) in [6.07, 6.45) is 0. The summed E-state index contributed by atoms with van der Waals surface area (Å²) >= 11 is 0. The van der Waals surface area contributed by atoms with E-state index in [1.54, 1.807) is 12.1 Å². The molecule has 1 aliphatic rings. The second-order valence-corrected chi connectivity index (χ2v) is 4.95. The molecular formula is C17H18O7. The normalized spacial score (nSPS) is 12.0. The van der Waals surface area contributed by atoms with Crippen molar-refractivity contribution in [3.05, 3.63) is 18.2 Å². The molecule has 0 amide bonds. The summed E-state index contributed by atoms with van der Waals surface area (Å²) in [6, 6.07) is 4.94. The molecule has 7 nitrogen and oxygen atoms in total. The Morgan fingerprint density at radius 1 is 0.833 bits per heavy atom. The molecule has 0 aliphatic carbocycles.